The minimum Gasteiger partial charge on any atom is -0.383 e. The normalized spacial score (nSPS) is 10.9. The number of carbonyl (C=O) groups excluding carboxylic acids is 1. The molecule has 0 unspecified atom stereocenters. The molecule has 2 heterocycles. The van der Waals surface area contributed by atoms with E-state index in [0.717, 1.165) is 28.2 Å². The molecule has 0 bridgehead atoms. The quantitative estimate of drug-likeness (QED) is 0.625. The molecule has 0 aliphatic heterocycles. The van der Waals surface area contributed by atoms with Crippen LogP contribution < -0.4 is 0 Å². The SMILES string of the molecule is COCCn1cnnc1CN(C)C(=O)c1ccc(-c2nncc(C)c2C)cc1. The maximum absolute atomic E-state index is 12.8. The molecule has 146 valence electrons. The van der Waals surface area contributed by atoms with E-state index in [1.54, 1.807) is 31.6 Å². The number of aromatic nitrogens is 5. The van der Waals surface area contributed by atoms with Gasteiger partial charge in [0.25, 0.3) is 5.91 Å². The number of carbonyl (C=O) groups is 1. The Balaban J connectivity index is 1.72. The molecule has 0 saturated carbocycles. The Kier molecular flexibility index (Phi) is 6.10. The van der Waals surface area contributed by atoms with Crippen molar-refractivity contribution in [2.75, 3.05) is 20.8 Å². The first-order valence-electron chi connectivity index (χ1n) is 9.01. The van der Waals surface area contributed by atoms with Gasteiger partial charge in [0.15, 0.2) is 5.82 Å². The average Bonchev–Trinajstić information content (AvgIpc) is 3.15. The van der Waals surface area contributed by atoms with Gasteiger partial charge in [-0.2, -0.15) is 10.2 Å². The minimum atomic E-state index is -0.0834. The van der Waals surface area contributed by atoms with E-state index in [2.05, 4.69) is 20.4 Å². The number of methoxy groups -OCH3 is 1. The summed E-state index contributed by atoms with van der Waals surface area (Å²) in [6.45, 7) is 5.60. The predicted molar refractivity (Wildman–Crippen MR) is 105 cm³/mol. The zero-order valence-corrected chi connectivity index (χ0v) is 16.6. The van der Waals surface area contributed by atoms with E-state index in [-0.39, 0.29) is 5.91 Å². The van der Waals surface area contributed by atoms with Crippen molar-refractivity contribution in [2.45, 2.75) is 26.9 Å². The summed E-state index contributed by atoms with van der Waals surface area (Å²) in [7, 11) is 3.40. The molecule has 0 saturated heterocycles. The highest BCUT2D eigenvalue weighted by molar-refractivity contribution is 5.94. The van der Waals surface area contributed by atoms with Crippen LogP contribution in [0.1, 0.15) is 27.3 Å². The van der Waals surface area contributed by atoms with E-state index < -0.39 is 0 Å². The van der Waals surface area contributed by atoms with E-state index in [0.29, 0.717) is 25.3 Å². The monoisotopic (exact) mass is 380 g/mol. The van der Waals surface area contributed by atoms with Crippen LogP contribution in [0.15, 0.2) is 36.8 Å². The van der Waals surface area contributed by atoms with Crippen molar-refractivity contribution in [1.82, 2.24) is 29.9 Å². The molecule has 0 spiro atoms. The van der Waals surface area contributed by atoms with Gasteiger partial charge in [-0.15, -0.1) is 10.2 Å². The average molecular weight is 380 g/mol. The van der Waals surface area contributed by atoms with Crippen LogP contribution in [0.25, 0.3) is 11.3 Å². The molecule has 1 aromatic carbocycles. The zero-order valence-electron chi connectivity index (χ0n) is 16.6. The van der Waals surface area contributed by atoms with Gasteiger partial charge in [-0.25, -0.2) is 0 Å². The third-order valence-corrected chi connectivity index (χ3v) is 4.72. The first-order valence-corrected chi connectivity index (χ1v) is 9.01. The highest BCUT2D eigenvalue weighted by Crippen LogP contribution is 2.23. The van der Waals surface area contributed by atoms with Crippen molar-refractivity contribution in [2.24, 2.45) is 0 Å². The Morgan fingerprint density at radius 2 is 1.89 bits per heavy atom. The fourth-order valence-corrected chi connectivity index (χ4v) is 2.86. The molecule has 8 nitrogen and oxygen atoms in total. The lowest BCUT2D eigenvalue weighted by molar-refractivity contribution is 0.0779. The van der Waals surface area contributed by atoms with Crippen LogP contribution in [0.4, 0.5) is 0 Å². The van der Waals surface area contributed by atoms with E-state index in [4.69, 9.17) is 4.74 Å². The highest BCUT2D eigenvalue weighted by atomic mass is 16.5. The number of hydrogen-bond donors (Lipinski definition) is 0. The molecule has 2 aromatic heterocycles. The van der Waals surface area contributed by atoms with E-state index in [1.165, 1.54) is 0 Å². The van der Waals surface area contributed by atoms with Crippen molar-refractivity contribution < 1.29 is 9.53 Å². The van der Waals surface area contributed by atoms with E-state index in [1.807, 2.05) is 42.7 Å². The number of amides is 1. The summed E-state index contributed by atoms with van der Waals surface area (Å²) in [4.78, 5) is 14.4. The number of rotatable bonds is 7. The standard InChI is InChI=1S/C20H24N6O2/c1-14-11-21-24-19(15(14)2)16-5-7-17(8-6-16)20(27)25(3)12-18-23-22-13-26(18)9-10-28-4/h5-8,11,13H,9-10,12H2,1-4H3. The second-order valence-electron chi connectivity index (χ2n) is 6.67. The summed E-state index contributed by atoms with van der Waals surface area (Å²) in [5.74, 6) is 0.634. The van der Waals surface area contributed by atoms with Gasteiger partial charge < -0.3 is 14.2 Å². The van der Waals surface area contributed by atoms with Gasteiger partial charge >= 0.3 is 0 Å². The van der Waals surface area contributed by atoms with Crippen LogP contribution in [-0.4, -0.2) is 56.5 Å². The van der Waals surface area contributed by atoms with Crippen LogP contribution in [0.3, 0.4) is 0 Å². The summed E-state index contributed by atoms with van der Waals surface area (Å²) < 4.78 is 6.97. The topological polar surface area (TPSA) is 86.0 Å². The van der Waals surface area contributed by atoms with Gasteiger partial charge in [0.2, 0.25) is 0 Å². The smallest absolute Gasteiger partial charge is 0.254 e. The number of benzene rings is 1. The van der Waals surface area contributed by atoms with Crippen molar-refractivity contribution in [1.29, 1.82) is 0 Å². The first-order chi connectivity index (χ1) is 13.5. The summed E-state index contributed by atoms with van der Waals surface area (Å²) in [6, 6.07) is 7.43. The van der Waals surface area contributed by atoms with Crippen LogP contribution in [0.2, 0.25) is 0 Å². The molecule has 0 fully saturated rings. The van der Waals surface area contributed by atoms with E-state index in [9.17, 15) is 4.79 Å². The van der Waals surface area contributed by atoms with Crippen LogP contribution in [0, 0.1) is 13.8 Å². The summed E-state index contributed by atoms with van der Waals surface area (Å²) >= 11 is 0. The fourth-order valence-electron chi connectivity index (χ4n) is 2.86. The van der Waals surface area contributed by atoms with Crippen molar-refractivity contribution in [3.05, 3.63) is 59.3 Å². The Labute approximate surface area is 164 Å². The van der Waals surface area contributed by atoms with E-state index >= 15 is 0 Å². The maximum Gasteiger partial charge on any atom is 0.254 e. The maximum atomic E-state index is 12.8. The molecule has 0 atom stereocenters. The Bertz CT molecular complexity index is 952. The Hall–Kier alpha value is -3.13. The molecule has 0 radical (unpaired) electrons. The van der Waals surface area contributed by atoms with Crippen molar-refractivity contribution in [3.63, 3.8) is 0 Å². The Morgan fingerprint density at radius 3 is 2.61 bits per heavy atom. The van der Waals surface area contributed by atoms with Gasteiger partial charge in [0, 0.05) is 31.8 Å². The lowest BCUT2D eigenvalue weighted by Gasteiger charge is -2.17. The Morgan fingerprint density at radius 1 is 1.14 bits per heavy atom. The lowest BCUT2D eigenvalue weighted by Crippen LogP contribution is -2.28. The van der Waals surface area contributed by atoms with Gasteiger partial charge in [0.1, 0.15) is 6.33 Å². The van der Waals surface area contributed by atoms with Gasteiger partial charge in [-0.1, -0.05) is 12.1 Å². The number of hydrogen-bond acceptors (Lipinski definition) is 6. The number of aryl methyl sites for hydroxylation is 1. The van der Waals surface area contributed by atoms with Gasteiger partial charge in [0.05, 0.1) is 25.0 Å². The molecule has 8 heteroatoms. The van der Waals surface area contributed by atoms with Crippen molar-refractivity contribution >= 4 is 5.91 Å². The molecule has 0 N–H and O–H groups in total. The molecule has 0 aliphatic carbocycles. The molecular formula is C20H24N6O2. The third kappa shape index (κ3) is 4.23. The second kappa shape index (κ2) is 8.71. The van der Waals surface area contributed by atoms with Crippen LogP contribution in [0.5, 0.6) is 0 Å². The summed E-state index contributed by atoms with van der Waals surface area (Å²) in [6.07, 6.45) is 3.39. The molecule has 3 rings (SSSR count). The number of nitrogens with zero attached hydrogens (tertiary/aromatic N) is 6. The largest absolute Gasteiger partial charge is 0.383 e. The molecule has 28 heavy (non-hydrogen) atoms. The van der Waals surface area contributed by atoms with Crippen LogP contribution >= 0.6 is 0 Å². The molecule has 3 aromatic rings. The molecule has 0 aliphatic rings. The lowest BCUT2D eigenvalue weighted by atomic mass is 10.0. The highest BCUT2D eigenvalue weighted by Gasteiger charge is 2.16. The predicted octanol–water partition coefficient (Wildman–Crippen LogP) is 2.27. The summed E-state index contributed by atoms with van der Waals surface area (Å²) in [5, 5.41) is 16.3. The van der Waals surface area contributed by atoms with Crippen molar-refractivity contribution in [3.8, 4) is 11.3 Å². The van der Waals surface area contributed by atoms with Crippen LogP contribution in [-0.2, 0) is 17.8 Å². The summed E-state index contributed by atoms with van der Waals surface area (Å²) in [5.41, 5.74) is 4.54. The van der Waals surface area contributed by atoms with Gasteiger partial charge in [-0.05, 0) is 37.1 Å². The molecule has 1 amide bonds. The fraction of sp³-hybridized carbons (Fsp3) is 0.350. The number of ether oxygens (including phenoxy) is 1. The minimum absolute atomic E-state index is 0.0834. The zero-order chi connectivity index (χ0) is 20.1. The first kappa shape index (κ1) is 19.6. The molecular weight excluding hydrogens is 356 g/mol. The third-order valence-electron chi connectivity index (χ3n) is 4.72. The second-order valence-corrected chi connectivity index (χ2v) is 6.67. The van der Waals surface area contributed by atoms with Gasteiger partial charge in [-0.3, -0.25) is 4.79 Å².